The monoisotopic (exact) mass is 380 g/mol. The molecule has 3 aromatic rings. The molecule has 0 radical (unpaired) electrons. The minimum atomic E-state index is -0.464. The Hall–Kier alpha value is -3.61. The lowest BCUT2D eigenvalue weighted by molar-refractivity contribution is -0.385. The SMILES string of the molecule is COc1ccc(-c2ccc(CCC(=O)Nc3cccc([N+](=O)[O-])c3C)o2)cc1. The van der Waals surface area contributed by atoms with Crippen LogP contribution in [0.15, 0.2) is 59.0 Å². The van der Waals surface area contributed by atoms with Gasteiger partial charge >= 0.3 is 0 Å². The van der Waals surface area contributed by atoms with E-state index in [2.05, 4.69) is 5.32 Å². The Morgan fingerprint density at radius 1 is 1.14 bits per heavy atom. The molecule has 28 heavy (non-hydrogen) atoms. The van der Waals surface area contributed by atoms with Gasteiger partial charge in [-0.3, -0.25) is 14.9 Å². The van der Waals surface area contributed by atoms with Gasteiger partial charge in [0.2, 0.25) is 5.91 Å². The first-order valence-electron chi connectivity index (χ1n) is 8.75. The molecule has 0 aliphatic rings. The van der Waals surface area contributed by atoms with Gasteiger partial charge in [0.05, 0.1) is 23.3 Å². The van der Waals surface area contributed by atoms with Crippen molar-refractivity contribution in [2.24, 2.45) is 0 Å². The molecular formula is C21H20N2O5. The van der Waals surface area contributed by atoms with Crippen molar-refractivity contribution in [2.75, 3.05) is 12.4 Å². The molecule has 0 aliphatic carbocycles. The van der Waals surface area contributed by atoms with Crippen LogP contribution in [0.2, 0.25) is 0 Å². The Bertz CT molecular complexity index is 992. The molecule has 0 aliphatic heterocycles. The summed E-state index contributed by atoms with van der Waals surface area (Å²) in [5, 5.41) is 13.7. The average Bonchev–Trinajstić information content (AvgIpc) is 3.17. The van der Waals surface area contributed by atoms with Gasteiger partial charge in [0.15, 0.2) is 0 Å². The summed E-state index contributed by atoms with van der Waals surface area (Å²) in [6, 6.07) is 15.8. The fraction of sp³-hybridized carbons (Fsp3) is 0.190. The summed E-state index contributed by atoms with van der Waals surface area (Å²) in [6.07, 6.45) is 0.633. The highest BCUT2D eigenvalue weighted by Crippen LogP contribution is 2.26. The number of amides is 1. The van der Waals surface area contributed by atoms with Crippen molar-refractivity contribution in [3.05, 3.63) is 76.0 Å². The molecular weight excluding hydrogens is 360 g/mol. The predicted molar refractivity (Wildman–Crippen MR) is 105 cm³/mol. The number of nitrogens with one attached hydrogen (secondary N) is 1. The number of rotatable bonds is 7. The number of hydrogen-bond donors (Lipinski definition) is 1. The zero-order chi connectivity index (χ0) is 20.1. The summed E-state index contributed by atoms with van der Waals surface area (Å²) in [7, 11) is 1.61. The highest BCUT2D eigenvalue weighted by atomic mass is 16.6. The number of aryl methyl sites for hydroxylation is 1. The molecule has 0 saturated heterocycles. The van der Waals surface area contributed by atoms with E-state index in [1.54, 1.807) is 26.2 Å². The largest absolute Gasteiger partial charge is 0.497 e. The number of furan rings is 1. The van der Waals surface area contributed by atoms with Crippen LogP contribution < -0.4 is 10.1 Å². The van der Waals surface area contributed by atoms with E-state index in [-0.39, 0.29) is 18.0 Å². The van der Waals surface area contributed by atoms with Crippen molar-refractivity contribution in [1.82, 2.24) is 0 Å². The topological polar surface area (TPSA) is 94.6 Å². The fourth-order valence-electron chi connectivity index (χ4n) is 2.83. The number of ether oxygens (including phenoxy) is 1. The van der Waals surface area contributed by atoms with Crippen LogP contribution in [-0.2, 0) is 11.2 Å². The van der Waals surface area contributed by atoms with Crippen molar-refractivity contribution in [1.29, 1.82) is 0 Å². The number of methoxy groups -OCH3 is 1. The molecule has 1 amide bonds. The number of carbonyl (C=O) groups excluding carboxylic acids is 1. The van der Waals surface area contributed by atoms with E-state index in [1.807, 2.05) is 36.4 Å². The van der Waals surface area contributed by atoms with Crippen LogP contribution in [0.5, 0.6) is 5.75 Å². The lowest BCUT2D eigenvalue weighted by Crippen LogP contribution is -2.13. The van der Waals surface area contributed by atoms with E-state index in [1.165, 1.54) is 6.07 Å². The van der Waals surface area contributed by atoms with E-state index < -0.39 is 4.92 Å². The number of carbonyl (C=O) groups is 1. The molecule has 0 unspecified atom stereocenters. The first-order valence-corrected chi connectivity index (χ1v) is 8.75. The predicted octanol–water partition coefficient (Wildman–Crippen LogP) is 4.74. The fourth-order valence-corrected chi connectivity index (χ4v) is 2.83. The molecule has 0 spiro atoms. The van der Waals surface area contributed by atoms with E-state index in [0.29, 0.717) is 29.2 Å². The van der Waals surface area contributed by atoms with Gasteiger partial charge in [-0.1, -0.05) is 6.07 Å². The summed E-state index contributed by atoms with van der Waals surface area (Å²) >= 11 is 0. The Labute approximate surface area is 162 Å². The van der Waals surface area contributed by atoms with Gasteiger partial charge in [-0.05, 0) is 49.4 Å². The lowest BCUT2D eigenvalue weighted by atomic mass is 10.1. The summed E-state index contributed by atoms with van der Waals surface area (Å²) in [4.78, 5) is 22.8. The minimum Gasteiger partial charge on any atom is -0.497 e. The highest BCUT2D eigenvalue weighted by molar-refractivity contribution is 5.92. The zero-order valence-corrected chi connectivity index (χ0v) is 15.6. The van der Waals surface area contributed by atoms with Gasteiger partial charge in [0.1, 0.15) is 17.3 Å². The summed E-state index contributed by atoms with van der Waals surface area (Å²) in [5.74, 6) is 1.94. The van der Waals surface area contributed by atoms with Crippen LogP contribution in [0.4, 0.5) is 11.4 Å². The number of nitro groups is 1. The van der Waals surface area contributed by atoms with Crippen LogP contribution in [0, 0.1) is 17.0 Å². The maximum Gasteiger partial charge on any atom is 0.274 e. The molecule has 1 aromatic heterocycles. The molecule has 7 heteroatoms. The number of nitrogens with zero attached hydrogens (tertiary/aromatic N) is 1. The Morgan fingerprint density at radius 3 is 2.57 bits per heavy atom. The van der Waals surface area contributed by atoms with Crippen LogP contribution in [-0.4, -0.2) is 17.9 Å². The van der Waals surface area contributed by atoms with Crippen molar-refractivity contribution in [2.45, 2.75) is 19.8 Å². The van der Waals surface area contributed by atoms with Gasteiger partial charge in [0.25, 0.3) is 5.69 Å². The number of anilines is 1. The van der Waals surface area contributed by atoms with E-state index in [9.17, 15) is 14.9 Å². The standard InChI is InChI=1S/C21H20N2O5/c1-14-18(4-3-5-19(14)23(25)26)22-21(24)13-11-17-10-12-20(28-17)15-6-8-16(27-2)9-7-15/h3-10,12H,11,13H2,1-2H3,(H,22,24). The third-order valence-corrected chi connectivity index (χ3v) is 4.41. The third-order valence-electron chi connectivity index (χ3n) is 4.41. The smallest absolute Gasteiger partial charge is 0.274 e. The maximum absolute atomic E-state index is 12.2. The second-order valence-corrected chi connectivity index (χ2v) is 6.25. The van der Waals surface area contributed by atoms with E-state index in [4.69, 9.17) is 9.15 Å². The van der Waals surface area contributed by atoms with Gasteiger partial charge in [-0.15, -0.1) is 0 Å². The van der Waals surface area contributed by atoms with Crippen molar-refractivity contribution < 1.29 is 18.9 Å². The molecule has 1 heterocycles. The summed E-state index contributed by atoms with van der Waals surface area (Å²) in [6.45, 7) is 1.61. The molecule has 0 saturated carbocycles. The van der Waals surface area contributed by atoms with Crippen molar-refractivity contribution >= 4 is 17.3 Å². The first kappa shape index (κ1) is 19.2. The molecule has 0 bridgehead atoms. The number of hydrogen-bond acceptors (Lipinski definition) is 5. The highest BCUT2D eigenvalue weighted by Gasteiger charge is 2.15. The molecule has 0 atom stereocenters. The minimum absolute atomic E-state index is 0.0204. The third kappa shape index (κ3) is 4.37. The lowest BCUT2D eigenvalue weighted by Gasteiger charge is -2.08. The van der Waals surface area contributed by atoms with Gasteiger partial charge in [-0.25, -0.2) is 0 Å². The van der Waals surface area contributed by atoms with E-state index >= 15 is 0 Å². The molecule has 7 nitrogen and oxygen atoms in total. The molecule has 1 N–H and O–H groups in total. The van der Waals surface area contributed by atoms with Crippen LogP contribution in [0.25, 0.3) is 11.3 Å². The molecule has 0 fully saturated rings. The van der Waals surface area contributed by atoms with Gasteiger partial charge < -0.3 is 14.5 Å². The Kier molecular flexibility index (Phi) is 5.74. The Balaban J connectivity index is 1.60. The van der Waals surface area contributed by atoms with Crippen molar-refractivity contribution in [3.8, 4) is 17.1 Å². The van der Waals surface area contributed by atoms with Crippen LogP contribution in [0.3, 0.4) is 0 Å². The normalized spacial score (nSPS) is 10.5. The molecule has 3 rings (SSSR count). The maximum atomic E-state index is 12.2. The molecule has 144 valence electrons. The van der Waals surface area contributed by atoms with E-state index in [0.717, 1.165) is 11.3 Å². The first-order chi connectivity index (χ1) is 13.5. The number of nitro benzene ring substituents is 1. The van der Waals surface area contributed by atoms with Crippen LogP contribution >= 0.6 is 0 Å². The van der Waals surface area contributed by atoms with Gasteiger partial charge in [0, 0.05) is 24.5 Å². The second-order valence-electron chi connectivity index (χ2n) is 6.25. The zero-order valence-electron chi connectivity index (χ0n) is 15.6. The second kappa shape index (κ2) is 8.39. The van der Waals surface area contributed by atoms with Gasteiger partial charge in [-0.2, -0.15) is 0 Å². The quantitative estimate of drug-likeness (QED) is 0.472. The average molecular weight is 380 g/mol. The Morgan fingerprint density at radius 2 is 1.89 bits per heavy atom. The summed E-state index contributed by atoms with van der Waals surface area (Å²) in [5.41, 5.74) is 1.77. The van der Waals surface area contributed by atoms with Crippen molar-refractivity contribution in [3.63, 3.8) is 0 Å². The van der Waals surface area contributed by atoms with Crippen LogP contribution in [0.1, 0.15) is 17.7 Å². The molecule has 2 aromatic carbocycles. The number of benzene rings is 2. The summed E-state index contributed by atoms with van der Waals surface area (Å²) < 4.78 is 10.9.